The molecule has 0 fully saturated rings. The van der Waals surface area contributed by atoms with Gasteiger partial charge in [-0.3, -0.25) is 10.1 Å². The van der Waals surface area contributed by atoms with Crippen molar-refractivity contribution in [2.75, 3.05) is 12.4 Å². The third-order valence-electron chi connectivity index (χ3n) is 4.94. The van der Waals surface area contributed by atoms with Crippen LogP contribution in [0.25, 0.3) is 28.2 Å². The fourth-order valence-corrected chi connectivity index (χ4v) is 3.76. The molecule has 0 saturated heterocycles. The highest BCUT2D eigenvalue weighted by Gasteiger charge is 2.12. The van der Waals surface area contributed by atoms with E-state index in [0.29, 0.717) is 27.4 Å². The van der Waals surface area contributed by atoms with Gasteiger partial charge >= 0.3 is 5.63 Å². The number of para-hydroxylation sites is 1. The molecular weight excluding hydrogens is 472 g/mol. The first kappa shape index (κ1) is 23.2. The zero-order valence-corrected chi connectivity index (χ0v) is 19.6. The van der Waals surface area contributed by atoms with Crippen molar-refractivity contribution in [1.82, 2.24) is 5.32 Å². The van der Waals surface area contributed by atoms with E-state index < -0.39 is 5.63 Å². The molecule has 3 aromatic carbocycles. The Kier molecular flexibility index (Phi) is 7.06. The molecule has 0 radical (unpaired) electrons. The number of amides is 1. The van der Waals surface area contributed by atoms with E-state index in [-0.39, 0.29) is 11.0 Å². The number of halogens is 1. The number of anilines is 1. The molecule has 0 aliphatic carbocycles. The van der Waals surface area contributed by atoms with Crippen LogP contribution in [0.1, 0.15) is 5.56 Å². The minimum absolute atomic E-state index is 0.110. The molecule has 0 atom stereocenters. The van der Waals surface area contributed by atoms with Gasteiger partial charge in [0.15, 0.2) is 5.11 Å². The van der Waals surface area contributed by atoms with Crippen LogP contribution in [0, 0.1) is 0 Å². The van der Waals surface area contributed by atoms with Gasteiger partial charge in [-0.2, -0.15) is 0 Å². The van der Waals surface area contributed by atoms with E-state index >= 15 is 0 Å². The minimum Gasteiger partial charge on any atom is -0.497 e. The second-order valence-corrected chi connectivity index (χ2v) is 8.05. The maximum Gasteiger partial charge on any atom is 0.344 e. The predicted octanol–water partition coefficient (Wildman–Crippen LogP) is 5.65. The molecule has 1 amide bonds. The van der Waals surface area contributed by atoms with E-state index in [1.165, 1.54) is 6.08 Å². The van der Waals surface area contributed by atoms with Gasteiger partial charge in [0, 0.05) is 22.7 Å². The molecule has 6 nitrogen and oxygen atoms in total. The Balaban J connectivity index is 1.42. The van der Waals surface area contributed by atoms with Gasteiger partial charge in [0.1, 0.15) is 11.3 Å². The maximum atomic E-state index is 12.4. The molecule has 0 saturated carbocycles. The molecular formula is C26H19ClN2O4S. The van der Waals surface area contributed by atoms with Gasteiger partial charge in [0.05, 0.1) is 17.7 Å². The van der Waals surface area contributed by atoms with Crippen LogP contribution in [0.2, 0.25) is 5.02 Å². The van der Waals surface area contributed by atoms with Crippen molar-refractivity contribution >= 4 is 57.6 Å². The van der Waals surface area contributed by atoms with Crippen LogP contribution in [0.15, 0.2) is 88.1 Å². The highest BCUT2D eigenvalue weighted by molar-refractivity contribution is 7.80. The standard InChI is InChI=1S/C26H19ClN2O4S/c1-32-19-10-6-16(7-11-19)8-13-24(30)29-26(34)28-18-9-12-20(22(27)15-18)21-14-17-4-2-3-5-23(17)33-25(21)31/h2-15H,1H3,(H2,28,29,30,34). The number of ether oxygens (including phenoxy) is 1. The van der Waals surface area contributed by atoms with Gasteiger partial charge in [-0.1, -0.05) is 48.0 Å². The summed E-state index contributed by atoms with van der Waals surface area (Å²) in [4.78, 5) is 24.6. The number of hydrogen-bond acceptors (Lipinski definition) is 5. The summed E-state index contributed by atoms with van der Waals surface area (Å²) >= 11 is 11.7. The Morgan fingerprint density at radius 2 is 1.79 bits per heavy atom. The number of carbonyl (C=O) groups excluding carboxylic acids is 1. The predicted molar refractivity (Wildman–Crippen MR) is 139 cm³/mol. The minimum atomic E-state index is -0.479. The number of thiocarbonyl (C=S) groups is 1. The Morgan fingerprint density at radius 3 is 2.53 bits per heavy atom. The van der Waals surface area contributed by atoms with Crippen LogP contribution in [0.4, 0.5) is 5.69 Å². The summed E-state index contributed by atoms with van der Waals surface area (Å²) in [7, 11) is 1.59. The van der Waals surface area contributed by atoms with Crippen molar-refractivity contribution < 1.29 is 13.9 Å². The fourth-order valence-electron chi connectivity index (χ4n) is 3.26. The van der Waals surface area contributed by atoms with Gasteiger partial charge < -0.3 is 14.5 Å². The number of fused-ring (bicyclic) bond motifs is 1. The molecule has 4 rings (SSSR count). The molecule has 170 valence electrons. The lowest BCUT2D eigenvalue weighted by Crippen LogP contribution is -2.32. The molecule has 0 aliphatic heterocycles. The van der Waals surface area contributed by atoms with Gasteiger partial charge in [-0.15, -0.1) is 0 Å². The van der Waals surface area contributed by atoms with Crippen LogP contribution in [-0.4, -0.2) is 18.1 Å². The molecule has 4 aromatic rings. The third-order valence-corrected chi connectivity index (χ3v) is 5.46. The van der Waals surface area contributed by atoms with Crippen LogP contribution < -0.4 is 21.0 Å². The lowest BCUT2D eigenvalue weighted by Gasteiger charge is -2.11. The van der Waals surface area contributed by atoms with Gasteiger partial charge in [0.25, 0.3) is 0 Å². The summed E-state index contributed by atoms with van der Waals surface area (Å²) in [5, 5.41) is 6.73. The topological polar surface area (TPSA) is 80.6 Å². The third kappa shape index (κ3) is 5.51. The average molecular weight is 491 g/mol. The number of rotatable bonds is 5. The van der Waals surface area contributed by atoms with Crippen molar-refractivity contribution in [3.8, 4) is 16.9 Å². The first-order chi connectivity index (χ1) is 16.4. The molecule has 2 N–H and O–H groups in total. The van der Waals surface area contributed by atoms with Gasteiger partial charge in [-0.25, -0.2) is 4.79 Å². The van der Waals surface area contributed by atoms with Gasteiger partial charge in [-0.05, 0) is 60.3 Å². The quantitative estimate of drug-likeness (QED) is 0.214. The van der Waals surface area contributed by atoms with Crippen molar-refractivity contribution in [3.05, 3.63) is 99.9 Å². The second-order valence-electron chi connectivity index (χ2n) is 7.23. The smallest absolute Gasteiger partial charge is 0.344 e. The summed E-state index contributed by atoms with van der Waals surface area (Å²) in [6.07, 6.45) is 3.04. The molecule has 0 spiro atoms. The van der Waals surface area contributed by atoms with Crippen LogP contribution >= 0.6 is 23.8 Å². The Morgan fingerprint density at radius 1 is 1.03 bits per heavy atom. The van der Waals surface area contributed by atoms with E-state index in [0.717, 1.165) is 16.7 Å². The first-order valence-electron chi connectivity index (χ1n) is 10.2. The van der Waals surface area contributed by atoms with Crippen molar-refractivity contribution in [3.63, 3.8) is 0 Å². The Labute approximate surface area is 205 Å². The molecule has 0 unspecified atom stereocenters. The van der Waals surface area contributed by atoms with E-state index in [1.807, 2.05) is 24.3 Å². The number of hydrogen-bond donors (Lipinski definition) is 2. The molecule has 34 heavy (non-hydrogen) atoms. The maximum absolute atomic E-state index is 12.4. The zero-order valence-electron chi connectivity index (χ0n) is 18.0. The highest BCUT2D eigenvalue weighted by atomic mass is 35.5. The molecule has 8 heteroatoms. The number of nitrogens with one attached hydrogen (secondary N) is 2. The van der Waals surface area contributed by atoms with E-state index in [2.05, 4.69) is 10.6 Å². The van der Waals surface area contributed by atoms with Gasteiger partial charge in [0.2, 0.25) is 5.91 Å². The highest BCUT2D eigenvalue weighted by Crippen LogP contribution is 2.30. The molecule has 0 bridgehead atoms. The van der Waals surface area contributed by atoms with Crippen LogP contribution in [-0.2, 0) is 4.79 Å². The normalized spacial score (nSPS) is 10.9. The molecule has 1 heterocycles. The largest absolute Gasteiger partial charge is 0.497 e. The average Bonchev–Trinajstić information content (AvgIpc) is 2.83. The van der Waals surface area contributed by atoms with Crippen LogP contribution in [0.5, 0.6) is 5.75 Å². The van der Waals surface area contributed by atoms with Crippen molar-refractivity contribution in [2.24, 2.45) is 0 Å². The fraction of sp³-hybridized carbons (Fsp3) is 0.0385. The summed E-state index contributed by atoms with van der Waals surface area (Å²) in [5.74, 6) is 0.350. The zero-order chi connectivity index (χ0) is 24.1. The number of methoxy groups -OCH3 is 1. The Hall–Kier alpha value is -3.94. The summed E-state index contributed by atoms with van der Waals surface area (Å²) in [5.41, 5.74) is 2.32. The Bertz CT molecular complexity index is 1460. The van der Waals surface area contributed by atoms with E-state index in [9.17, 15) is 9.59 Å². The number of carbonyl (C=O) groups is 1. The summed E-state index contributed by atoms with van der Waals surface area (Å²) in [6, 6.07) is 21.3. The molecule has 1 aromatic heterocycles. The SMILES string of the molecule is COc1ccc(C=CC(=O)NC(=S)Nc2ccc(-c3cc4ccccc4oc3=O)c(Cl)c2)cc1. The van der Waals surface area contributed by atoms with E-state index in [1.54, 1.807) is 61.7 Å². The van der Waals surface area contributed by atoms with Crippen molar-refractivity contribution in [1.29, 1.82) is 0 Å². The van der Waals surface area contributed by atoms with Crippen LogP contribution in [0.3, 0.4) is 0 Å². The summed E-state index contributed by atoms with van der Waals surface area (Å²) in [6.45, 7) is 0. The monoisotopic (exact) mass is 490 g/mol. The molecule has 0 aliphatic rings. The van der Waals surface area contributed by atoms with Crippen molar-refractivity contribution in [2.45, 2.75) is 0 Å². The van der Waals surface area contributed by atoms with E-state index in [4.69, 9.17) is 33.0 Å². The lowest BCUT2D eigenvalue weighted by atomic mass is 10.1. The second kappa shape index (κ2) is 10.3. The first-order valence-corrected chi connectivity index (χ1v) is 11.0. The summed E-state index contributed by atoms with van der Waals surface area (Å²) < 4.78 is 10.5. The lowest BCUT2D eigenvalue weighted by molar-refractivity contribution is -0.115. The number of benzene rings is 3.